The quantitative estimate of drug-likeness (QED) is 0.662. The highest BCUT2D eigenvalue weighted by Crippen LogP contribution is 2.08. The van der Waals surface area contributed by atoms with E-state index in [2.05, 4.69) is 29.3 Å². The lowest BCUT2D eigenvalue weighted by molar-refractivity contribution is 0.413. The Morgan fingerprint density at radius 3 is 3.00 bits per heavy atom. The van der Waals surface area contributed by atoms with Crippen molar-refractivity contribution in [3.63, 3.8) is 0 Å². The van der Waals surface area contributed by atoms with Crippen LogP contribution in [0.2, 0.25) is 0 Å². The van der Waals surface area contributed by atoms with Gasteiger partial charge in [0, 0.05) is 18.8 Å². The predicted octanol–water partition coefficient (Wildman–Crippen LogP) is 0.240. The maximum absolute atomic E-state index is 4.28. The van der Waals surface area contributed by atoms with Gasteiger partial charge < -0.3 is 10.2 Å². The third-order valence-electron chi connectivity index (χ3n) is 1.42. The molecular weight excluding hydrogens is 158 g/mol. The molecule has 0 aromatic heterocycles. The lowest BCUT2D eigenvalue weighted by Gasteiger charge is -2.10. The van der Waals surface area contributed by atoms with Crippen molar-refractivity contribution in [1.82, 2.24) is 10.2 Å². The van der Waals surface area contributed by atoms with Gasteiger partial charge in [-0.05, 0) is 14.1 Å². The van der Waals surface area contributed by atoms with Crippen LogP contribution in [-0.2, 0) is 0 Å². The molecule has 0 aliphatic carbocycles. The van der Waals surface area contributed by atoms with Gasteiger partial charge >= 0.3 is 0 Å². The van der Waals surface area contributed by atoms with Gasteiger partial charge in [0.2, 0.25) is 0 Å². The van der Waals surface area contributed by atoms with Gasteiger partial charge in [-0.25, -0.2) is 0 Å². The molecule has 0 aromatic rings. The van der Waals surface area contributed by atoms with Gasteiger partial charge in [-0.1, -0.05) is 11.8 Å². The number of amidine groups is 1. The monoisotopic (exact) mass is 173 g/mol. The highest BCUT2D eigenvalue weighted by atomic mass is 32.2. The molecule has 1 rings (SSSR count). The first kappa shape index (κ1) is 8.87. The van der Waals surface area contributed by atoms with Gasteiger partial charge in [-0.2, -0.15) is 0 Å². The molecule has 0 atom stereocenters. The molecule has 1 heterocycles. The topological polar surface area (TPSA) is 27.6 Å². The molecule has 0 unspecified atom stereocenters. The molecule has 1 N–H and O–H groups in total. The molecule has 3 nitrogen and oxygen atoms in total. The lowest BCUT2D eigenvalue weighted by Crippen LogP contribution is -2.29. The first-order chi connectivity index (χ1) is 5.29. The Morgan fingerprint density at radius 1 is 1.64 bits per heavy atom. The van der Waals surface area contributed by atoms with Crippen LogP contribution in [0.1, 0.15) is 0 Å². The van der Waals surface area contributed by atoms with Gasteiger partial charge in [-0.3, -0.25) is 4.99 Å². The minimum absolute atomic E-state index is 0.981. The maximum atomic E-state index is 4.28. The number of thioether (sulfide) groups is 1. The van der Waals surface area contributed by atoms with Crippen LogP contribution in [0.4, 0.5) is 0 Å². The smallest absolute Gasteiger partial charge is 0.156 e. The van der Waals surface area contributed by atoms with Crippen molar-refractivity contribution in [3.05, 3.63) is 0 Å². The van der Waals surface area contributed by atoms with E-state index in [0.29, 0.717) is 0 Å². The molecule has 0 spiro atoms. The lowest BCUT2D eigenvalue weighted by atomic mass is 10.6. The fraction of sp³-hybridized carbons (Fsp3) is 0.857. The number of rotatable bonds is 3. The zero-order valence-electron chi connectivity index (χ0n) is 7.13. The zero-order chi connectivity index (χ0) is 8.10. The molecule has 0 amide bonds. The standard InChI is InChI=1S/C7H15N3S/c1-10(2)5-3-8-7-9-4-6-11-7/h3-6H2,1-2H3,(H,8,9). The third-order valence-corrected chi connectivity index (χ3v) is 2.35. The Balaban J connectivity index is 2.03. The summed E-state index contributed by atoms with van der Waals surface area (Å²) < 4.78 is 0. The predicted molar refractivity (Wildman–Crippen MR) is 51.3 cm³/mol. The van der Waals surface area contributed by atoms with Crippen molar-refractivity contribution < 1.29 is 0 Å². The highest BCUT2D eigenvalue weighted by molar-refractivity contribution is 8.14. The number of hydrogen-bond donors (Lipinski definition) is 1. The SMILES string of the molecule is CN(C)CCNC1=NCCS1. The van der Waals surface area contributed by atoms with Crippen LogP contribution < -0.4 is 5.32 Å². The molecule has 0 bridgehead atoms. The van der Waals surface area contributed by atoms with Crippen LogP contribution in [-0.4, -0.2) is 49.6 Å². The van der Waals surface area contributed by atoms with Crippen LogP contribution in [0.25, 0.3) is 0 Å². The van der Waals surface area contributed by atoms with Crippen LogP contribution >= 0.6 is 11.8 Å². The first-order valence-corrected chi connectivity index (χ1v) is 4.83. The van der Waals surface area contributed by atoms with Crippen molar-refractivity contribution in [2.45, 2.75) is 0 Å². The second kappa shape index (κ2) is 4.62. The van der Waals surface area contributed by atoms with Crippen molar-refractivity contribution in [2.24, 2.45) is 4.99 Å². The summed E-state index contributed by atoms with van der Waals surface area (Å²) in [5, 5.41) is 4.40. The van der Waals surface area contributed by atoms with E-state index < -0.39 is 0 Å². The molecule has 64 valence electrons. The summed E-state index contributed by atoms with van der Waals surface area (Å²) in [5.74, 6) is 1.14. The van der Waals surface area contributed by atoms with Gasteiger partial charge in [0.25, 0.3) is 0 Å². The number of aliphatic imine (C=N–C) groups is 1. The van der Waals surface area contributed by atoms with Gasteiger partial charge in [-0.15, -0.1) is 0 Å². The van der Waals surface area contributed by atoms with E-state index in [-0.39, 0.29) is 0 Å². The molecule has 0 radical (unpaired) electrons. The summed E-state index contributed by atoms with van der Waals surface area (Å²) >= 11 is 1.81. The molecule has 1 aliphatic heterocycles. The molecule has 0 aromatic carbocycles. The van der Waals surface area contributed by atoms with Gasteiger partial charge in [0.15, 0.2) is 5.17 Å². The molecule has 1 aliphatic rings. The minimum atomic E-state index is 0.981. The molecule has 0 saturated carbocycles. The van der Waals surface area contributed by atoms with E-state index in [9.17, 15) is 0 Å². The average Bonchev–Trinajstić information content (AvgIpc) is 2.39. The van der Waals surface area contributed by atoms with E-state index in [0.717, 1.165) is 30.6 Å². The number of nitrogens with zero attached hydrogens (tertiary/aromatic N) is 2. The maximum Gasteiger partial charge on any atom is 0.156 e. The number of likely N-dealkylation sites (N-methyl/N-ethyl adjacent to an activating group) is 1. The molecule has 0 fully saturated rings. The van der Waals surface area contributed by atoms with Crippen LogP contribution in [0.3, 0.4) is 0 Å². The van der Waals surface area contributed by atoms with E-state index in [1.165, 1.54) is 0 Å². The molecule has 0 saturated heterocycles. The fourth-order valence-electron chi connectivity index (χ4n) is 0.829. The van der Waals surface area contributed by atoms with Crippen molar-refractivity contribution in [3.8, 4) is 0 Å². The Bertz CT molecular complexity index is 145. The highest BCUT2D eigenvalue weighted by Gasteiger charge is 2.04. The van der Waals surface area contributed by atoms with Crippen LogP contribution in [0.5, 0.6) is 0 Å². The second-order valence-corrected chi connectivity index (χ2v) is 3.85. The van der Waals surface area contributed by atoms with Crippen molar-refractivity contribution >= 4 is 16.9 Å². The zero-order valence-corrected chi connectivity index (χ0v) is 7.95. The average molecular weight is 173 g/mol. The summed E-state index contributed by atoms with van der Waals surface area (Å²) in [5.41, 5.74) is 0. The van der Waals surface area contributed by atoms with Crippen molar-refractivity contribution in [1.29, 1.82) is 0 Å². The largest absolute Gasteiger partial charge is 0.364 e. The Labute approximate surface area is 72.3 Å². The first-order valence-electron chi connectivity index (χ1n) is 3.85. The minimum Gasteiger partial charge on any atom is -0.364 e. The van der Waals surface area contributed by atoms with E-state index in [1.54, 1.807) is 0 Å². The van der Waals surface area contributed by atoms with Crippen molar-refractivity contribution in [2.75, 3.05) is 39.5 Å². The van der Waals surface area contributed by atoms with E-state index >= 15 is 0 Å². The van der Waals surface area contributed by atoms with Gasteiger partial charge in [0.1, 0.15) is 0 Å². The number of nitrogens with one attached hydrogen (secondary N) is 1. The Morgan fingerprint density at radius 2 is 2.45 bits per heavy atom. The van der Waals surface area contributed by atoms with E-state index in [1.807, 2.05) is 11.8 Å². The number of hydrogen-bond acceptors (Lipinski definition) is 4. The Hall–Kier alpha value is -0.220. The summed E-state index contributed by atoms with van der Waals surface area (Å²) in [4.78, 5) is 6.44. The Kier molecular flexibility index (Phi) is 3.72. The molecular formula is C7H15N3S. The molecule has 11 heavy (non-hydrogen) atoms. The summed E-state index contributed by atoms with van der Waals surface area (Å²) in [7, 11) is 4.15. The summed E-state index contributed by atoms with van der Waals surface area (Å²) in [6, 6.07) is 0. The molecule has 4 heteroatoms. The normalized spacial score (nSPS) is 17.2. The van der Waals surface area contributed by atoms with Crippen LogP contribution in [0.15, 0.2) is 4.99 Å². The van der Waals surface area contributed by atoms with Gasteiger partial charge in [0.05, 0.1) is 6.54 Å². The van der Waals surface area contributed by atoms with Crippen LogP contribution in [0, 0.1) is 0 Å². The van der Waals surface area contributed by atoms with E-state index in [4.69, 9.17) is 0 Å². The summed E-state index contributed by atoms with van der Waals surface area (Å²) in [6.07, 6.45) is 0. The summed E-state index contributed by atoms with van der Waals surface area (Å²) in [6.45, 7) is 3.05. The fourth-order valence-corrected chi connectivity index (χ4v) is 1.59. The third kappa shape index (κ3) is 3.62. The second-order valence-electron chi connectivity index (χ2n) is 2.77.